The largest absolute Gasteiger partial charge is 0.490 e. The summed E-state index contributed by atoms with van der Waals surface area (Å²) in [5.74, 6) is -1.08. The van der Waals surface area contributed by atoms with Gasteiger partial charge >= 0.3 is 0 Å². The third-order valence-corrected chi connectivity index (χ3v) is 2.13. The van der Waals surface area contributed by atoms with Crippen LogP contribution in [0.15, 0.2) is 18.2 Å². The predicted molar refractivity (Wildman–Crippen MR) is 61.2 cm³/mol. The highest BCUT2D eigenvalue weighted by Crippen LogP contribution is 2.17. The zero-order valence-corrected chi connectivity index (χ0v) is 9.84. The molecule has 0 aliphatic carbocycles. The summed E-state index contributed by atoms with van der Waals surface area (Å²) in [5.41, 5.74) is 0. The molecule has 0 atom stereocenters. The molecule has 1 N–H and O–H groups in total. The smallest absolute Gasteiger partial charge is 0.165 e. The van der Waals surface area contributed by atoms with Gasteiger partial charge in [-0.1, -0.05) is 0 Å². The fourth-order valence-electron chi connectivity index (χ4n) is 1.27. The van der Waals surface area contributed by atoms with E-state index < -0.39 is 11.6 Å². The molecule has 0 amide bonds. The van der Waals surface area contributed by atoms with Gasteiger partial charge in [-0.05, 0) is 25.1 Å². The first-order chi connectivity index (χ1) is 8.24. The van der Waals surface area contributed by atoms with E-state index in [9.17, 15) is 8.78 Å². The zero-order valence-electron chi connectivity index (χ0n) is 9.84. The second-order valence-corrected chi connectivity index (χ2v) is 3.52. The Hall–Kier alpha value is -1.20. The Labute approximate surface area is 99.7 Å². The molecule has 0 unspecified atom stereocenters. The van der Waals surface area contributed by atoms with Gasteiger partial charge in [-0.3, -0.25) is 0 Å². The van der Waals surface area contributed by atoms with Crippen molar-refractivity contribution in [2.75, 3.05) is 33.4 Å². The fourth-order valence-corrected chi connectivity index (χ4v) is 1.27. The minimum absolute atomic E-state index is 0.0399. The molecule has 0 spiro atoms. The van der Waals surface area contributed by atoms with Gasteiger partial charge in [-0.25, -0.2) is 8.78 Å². The molecule has 17 heavy (non-hydrogen) atoms. The highest BCUT2D eigenvalue weighted by atomic mass is 19.1. The molecule has 0 fully saturated rings. The quantitative estimate of drug-likeness (QED) is 0.710. The van der Waals surface area contributed by atoms with Crippen molar-refractivity contribution in [2.24, 2.45) is 0 Å². The van der Waals surface area contributed by atoms with Crippen LogP contribution in [0.2, 0.25) is 0 Å². The van der Waals surface area contributed by atoms with Gasteiger partial charge in [0.25, 0.3) is 0 Å². The lowest BCUT2D eigenvalue weighted by atomic mass is 10.3. The van der Waals surface area contributed by atoms with Gasteiger partial charge in [-0.15, -0.1) is 0 Å². The van der Waals surface area contributed by atoms with E-state index in [1.807, 2.05) is 0 Å². The Morgan fingerprint density at radius 1 is 1.18 bits per heavy atom. The Kier molecular flexibility index (Phi) is 6.50. The van der Waals surface area contributed by atoms with Crippen molar-refractivity contribution < 1.29 is 18.3 Å². The van der Waals surface area contributed by atoms with E-state index in [1.165, 1.54) is 0 Å². The molecule has 0 bridgehead atoms. The van der Waals surface area contributed by atoms with Crippen LogP contribution >= 0.6 is 0 Å². The third kappa shape index (κ3) is 5.60. The summed E-state index contributed by atoms with van der Waals surface area (Å²) in [6, 6.07) is 3.17. The highest BCUT2D eigenvalue weighted by Gasteiger charge is 2.04. The average molecular weight is 245 g/mol. The summed E-state index contributed by atoms with van der Waals surface area (Å²) >= 11 is 0. The molecular weight excluding hydrogens is 228 g/mol. The van der Waals surface area contributed by atoms with Crippen LogP contribution in [0.3, 0.4) is 0 Å². The van der Waals surface area contributed by atoms with E-state index in [2.05, 4.69) is 5.32 Å². The Morgan fingerprint density at radius 2 is 2.00 bits per heavy atom. The van der Waals surface area contributed by atoms with Crippen LogP contribution < -0.4 is 10.1 Å². The molecule has 0 aliphatic rings. The van der Waals surface area contributed by atoms with Crippen molar-refractivity contribution in [3.05, 3.63) is 29.8 Å². The maximum atomic E-state index is 13.1. The zero-order chi connectivity index (χ0) is 12.5. The topological polar surface area (TPSA) is 30.5 Å². The number of hydrogen-bond donors (Lipinski definition) is 1. The lowest BCUT2D eigenvalue weighted by molar-refractivity contribution is 0.198. The molecule has 1 rings (SSSR count). The van der Waals surface area contributed by atoms with Crippen molar-refractivity contribution in [2.45, 2.75) is 6.42 Å². The van der Waals surface area contributed by atoms with Crippen molar-refractivity contribution in [1.29, 1.82) is 0 Å². The van der Waals surface area contributed by atoms with Gasteiger partial charge in [-0.2, -0.15) is 0 Å². The number of ether oxygens (including phenoxy) is 2. The van der Waals surface area contributed by atoms with Crippen LogP contribution in [0.25, 0.3) is 0 Å². The highest BCUT2D eigenvalue weighted by molar-refractivity contribution is 5.24. The van der Waals surface area contributed by atoms with Crippen LogP contribution in [-0.4, -0.2) is 33.4 Å². The molecule has 5 heteroatoms. The number of hydrogen-bond acceptors (Lipinski definition) is 3. The van der Waals surface area contributed by atoms with Crippen molar-refractivity contribution in [3.8, 4) is 5.75 Å². The third-order valence-electron chi connectivity index (χ3n) is 2.13. The molecular formula is C12H17F2NO2. The van der Waals surface area contributed by atoms with Crippen molar-refractivity contribution >= 4 is 0 Å². The molecule has 0 aromatic heterocycles. The molecule has 0 aliphatic heterocycles. The second kappa shape index (κ2) is 7.97. The molecule has 1 aromatic rings. The van der Waals surface area contributed by atoms with Crippen molar-refractivity contribution in [3.63, 3.8) is 0 Å². The van der Waals surface area contributed by atoms with Gasteiger partial charge < -0.3 is 14.8 Å². The Bertz CT molecular complexity index is 334. The normalized spacial score (nSPS) is 10.5. The molecule has 0 radical (unpaired) electrons. The second-order valence-electron chi connectivity index (χ2n) is 3.52. The summed E-state index contributed by atoms with van der Waals surface area (Å²) in [7, 11) is 1.64. The standard InChI is InChI=1S/C12H17F2NO2/c1-16-8-6-15-5-2-7-17-12-9-10(13)3-4-11(12)14/h3-4,9,15H,2,5-8H2,1H3. The van der Waals surface area contributed by atoms with E-state index in [-0.39, 0.29) is 5.75 Å². The molecule has 1 aromatic carbocycles. The van der Waals surface area contributed by atoms with Gasteiger partial charge in [0.2, 0.25) is 0 Å². The number of rotatable bonds is 8. The average Bonchev–Trinajstić information content (AvgIpc) is 2.32. The maximum absolute atomic E-state index is 13.1. The number of methoxy groups -OCH3 is 1. The summed E-state index contributed by atoms with van der Waals surface area (Å²) < 4.78 is 35.9. The molecule has 0 heterocycles. The van der Waals surface area contributed by atoms with Crippen LogP contribution in [-0.2, 0) is 4.74 Å². The molecule has 3 nitrogen and oxygen atoms in total. The maximum Gasteiger partial charge on any atom is 0.165 e. The van der Waals surface area contributed by atoms with E-state index in [0.717, 1.165) is 37.7 Å². The molecule has 0 saturated heterocycles. The lowest BCUT2D eigenvalue weighted by Crippen LogP contribution is -2.21. The monoisotopic (exact) mass is 245 g/mol. The van der Waals surface area contributed by atoms with Crippen LogP contribution in [0.1, 0.15) is 6.42 Å². The van der Waals surface area contributed by atoms with E-state index in [1.54, 1.807) is 7.11 Å². The van der Waals surface area contributed by atoms with Crippen LogP contribution in [0.5, 0.6) is 5.75 Å². The number of nitrogens with one attached hydrogen (secondary N) is 1. The predicted octanol–water partition coefficient (Wildman–Crippen LogP) is 1.97. The summed E-state index contributed by atoms with van der Waals surface area (Å²) in [4.78, 5) is 0. The van der Waals surface area contributed by atoms with Crippen LogP contribution in [0, 0.1) is 11.6 Å². The van der Waals surface area contributed by atoms with E-state index >= 15 is 0 Å². The summed E-state index contributed by atoms with van der Waals surface area (Å²) in [5, 5.41) is 3.13. The van der Waals surface area contributed by atoms with Gasteiger partial charge in [0, 0.05) is 19.7 Å². The van der Waals surface area contributed by atoms with Crippen molar-refractivity contribution in [1.82, 2.24) is 5.32 Å². The summed E-state index contributed by atoms with van der Waals surface area (Å²) in [6.45, 7) is 2.52. The van der Waals surface area contributed by atoms with Gasteiger partial charge in [0.05, 0.1) is 13.2 Å². The first-order valence-electron chi connectivity index (χ1n) is 5.51. The minimum Gasteiger partial charge on any atom is -0.490 e. The first kappa shape index (κ1) is 13.9. The SMILES string of the molecule is COCCNCCCOc1cc(F)ccc1F. The number of benzene rings is 1. The van der Waals surface area contributed by atoms with Gasteiger partial charge in [0.15, 0.2) is 11.6 Å². The summed E-state index contributed by atoms with van der Waals surface area (Å²) in [6.07, 6.45) is 0.722. The Balaban J connectivity index is 2.15. The molecule has 0 saturated carbocycles. The van der Waals surface area contributed by atoms with E-state index in [4.69, 9.17) is 9.47 Å². The first-order valence-corrected chi connectivity index (χ1v) is 5.51. The Morgan fingerprint density at radius 3 is 2.76 bits per heavy atom. The minimum atomic E-state index is -0.543. The van der Waals surface area contributed by atoms with Crippen LogP contribution in [0.4, 0.5) is 8.78 Å². The fraction of sp³-hybridized carbons (Fsp3) is 0.500. The van der Waals surface area contributed by atoms with E-state index in [0.29, 0.717) is 13.2 Å². The lowest BCUT2D eigenvalue weighted by Gasteiger charge is -2.07. The van der Waals surface area contributed by atoms with Gasteiger partial charge in [0.1, 0.15) is 5.82 Å². The number of halogens is 2. The molecule has 96 valence electrons.